The van der Waals surface area contributed by atoms with Gasteiger partial charge in [-0.2, -0.15) is 0 Å². The van der Waals surface area contributed by atoms with Crippen LogP contribution in [0.4, 0.5) is 0 Å². The Morgan fingerprint density at radius 3 is 1.62 bits per heavy atom. The molecule has 2 atom stereocenters. The quantitative estimate of drug-likeness (QED) is 0.226. The van der Waals surface area contributed by atoms with Gasteiger partial charge in [0.2, 0.25) is 8.03 Å². The lowest BCUT2D eigenvalue weighted by Crippen LogP contribution is -2.17. The third-order valence-corrected chi connectivity index (χ3v) is 8.17. The van der Waals surface area contributed by atoms with Crippen molar-refractivity contribution in [3.63, 3.8) is 0 Å². The van der Waals surface area contributed by atoms with Gasteiger partial charge in [0.15, 0.2) is 7.95 Å². The molecule has 0 aromatic heterocycles. The lowest BCUT2D eigenvalue weighted by Gasteiger charge is -2.13. The molecule has 0 spiro atoms. The standard InChI is InChI=1S/C26H25NO5P2/c28-23-13-5-1-9-19(23)21-11-3-7-15-25(21)33(30)27-17-18-32-34(31)26-16-8-4-12-22(26)20-10-2-6-14-24(20)29/h1-16,28-29,33-34H,17-18H2,(H,27,30). The van der Waals surface area contributed by atoms with E-state index in [9.17, 15) is 19.3 Å². The first kappa shape index (κ1) is 24.0. The highest BCUT2D eigenvalue weighted by Gasteiger charge is 2.15. The maximum atomic E-state index is 13.0. The Morgan fingerprint density at radius 2 is 1.06 bits per heavy atom. The third kappa shape index (κ3) is 5.49. The second-order valence-electron chi connectivity index (χ2n) is 7.52. The van der Waals surface area contributed by atoms with Crippen molar-refractivity contribution < 1.29 is 23.9 Å². The van der Waals surface area contributed by atoms with E-state index in [1.165, 1.54) is 0 Å². The minimum Gasteiger partial charge on any atom is -0.507 e. The van der Waals surface area contributed by atoms with Crippen molar-refractivity contribution in [3.05, 3.63) is 97.1 Å². The van der Waals surface area contributed by atoms with Gasteiger partial charge in [0, 0.05) is 28.3 Å². The first-order valence-electron chi connectivity index (χ1n) is 10.8. The number of benzene rings is 4. The monoisotopic (exact) mass is 493 g/mol. The van der Waals surface area contributed by atoms with Gasteiger partial charge < -0.3 is 19.3 Å². The van der Waals surface area contributed by atoms with E-state index in [1.807, 2.05) is 24.3 Å². The van der Waals surface area contributed by atoms with Crippen LogP contribution < -0.4 is 15.7 Å². The average Bonchev–Trinajstić information content (AvgIpc) is 2.87. The fraction of sp³-hybridized carbons (Fsp3) is 0.0769. The summed E-state index contributed by atoms with van der Waals surface area (Å²) in [5, 5.41) is 24.5. The molecule has 0 aliphatic rings. The molecule has 0 aliphatic heterocycles. The first-order chi connectivity index (χ1) is 16.6. The number of para-hydroxylation sites is 2. The summed E-state index contributed by atoms with van der Waals surface area (Å²) in [5.74, 6) is 0.225. The van der Waals surface area contributed by atoms with Gasteiger partial charge in [-0.1, -0.05) is 72.8 Å². The first-order valence-corrected chi connectivity index (χ1v) is 13.5. The van der Waals surface area contributed by atoms with Crippen LogP contribution in [-0.2, 0) is 13.7 Å². The van der Waals surface area contributed by atoms with E-state index in [2.05, 4.69) is 5.09 Å². The summed E-state index contributed by atoms with van der Waals surface area (Å²) in [7, 11) is -5.00. The SMILES string of the molecule is O=[PH](NCCO[PH](=O)c1ccccc1-c1ccccc1O)c1ccccc1-c1ccccc1O. The molecule has 0 amide bonds. The fourth-order valence-corrected chi connectivity index (χ4v) is 6.04. The van der Waals surface area contributed by atoms with Gasteiger partial charge in [0.1, 0.15) is 11.5 Å². The van der Waals surface area contributed by atoms with Crippen molar-refractivity contribution in [2.45, 2.75) is 0 Å². The van der Waals surface area contributed by atoms with Gasteiger partial charge in [0.05, 0.1) is 6.61 Å². The lowest BCUT2D eigenvalue weighted by atomic mass is 10.0. The fourth-order valence-electron chi connectivity index (χ4n) is 3.70. The summed E-state index contributed by atoms with van der Waals surface area (Å²) >= 11 is 0. The molecule has 34 heavy (non-hydrogen) atoms. The van der Waals surface area contributed by atoms with Crippen molar-refractivity contribution in [1.82, 2.24) is 5.09 Å². The van der Waals surface area contributed by atoms with E-state index >= 15 is 0 Å². The van der Waals surface area contributed by atoms with Crippen molar-refractivity contribution in [3.8, 4) is 33.8 Å². The molecular weight excluding hydrogens is 468 g/mol. The summed E-state index contributed by atoms with van der Waals surface area (Å²) in [5.41, 5.74) is 2.55. The number of hydrogen-bond donors (Lipinski definition) is 3. The van der Waals surface area contributed by atoms with Crippen LogP contribution in [-0.4, -0.2) is 23.4 Å². The van der Waals surface area contributed by atoms with Crippen LogP contribution in [0.25, 0.3) is 22.3 Å². The van der Waals surface area contributed by atoms with Gasteiger partial charge in [-0.3, -0.25) is 9.65 Å². The van der Waals surface area contributed by atoms with E-state index in [0.717, 1.165) is 0 Å². The Balaban J connectivity index is 1.40. The van der Waals surface area contributed by atoms with Crippen LogP contribution in [0.3, 0.4) is 0 Å². The van der Waals surface area contributed by atoms with Gasteiger partial charge in [-0.25, -0.2) is 0 Å². The molecule has 0 saturated carbocycles. The summed E-state index contributed by atoms with van der Waals surface area (Å²) < 4.78 is 31.5. The number of phenolic OH excluding ortho intramolecular Hbond substituents is 2. The summed E-state index contributed by atoms with van der Waals surface area (Å²) in [6.07, 6.45) is 0. The molecule has 0 fully saturated rings. The predicted octanol–water partition coefficient (Wildman–Crippen LogP) is 4.94. The maximum absolute atomic E-state index is 13.0. The van der Waals surface area contributed by atoms with Crippen molar-refractivity contribution in [2.75, 3.05) is 13.2 Å². The number of nitrogens with one attached hydrogen (secondary N) is 1. The van der Waals surface area contributed by atoms with Crippen molar-refractivity contribution in [2.24, 2.45) is 0 Å². The Morgan fingerprint density at radius 1 is 0.618 bits per heavy atom. The molecule has 0 saturated heterocycles. The van der Waals surface area contributed by atoms with Gasteiger partial charge in [0.25, 0.3) is 0 Å². The Bertz CT molecular complexity index is 1240. The molecule has 4 aromatic carbocycles. The zero-order chi connectivity index (χ0) is 23.9. The summed E-state index contributed by atoms with van der Waals surface area (Å²) in [6, 6.07) is 28.1. The van der Waals surface area contributed by atoms with Gasteiger partial charge in [-0.15, -0.1) is 0 Å². The highest BCUT2D eigenvalue weighted by atomic mass is 31.1. The van der Waals surface area contributed by atoms with Crippen LogP contribution in [0.5, 0.6) is 11.5 Å². The zero-order valence-corrected chi connectivity index (χ0v) is 20.3. The van der Waals surface area contributed by atoms with Gasteiger partial charge in [-0.05, 0) is 35.4 Å². The third-order valence-electron chi connectivity index (χ3n) is 5.33. The average molecular weight is 493 g/mol. The topological polar surface area (TPSA) is 95.9 Å². The molecule has 0 bridgehead atoms. The van der Waals surface area contributed by atoms with Crippen LogP contribution in [0.15, 0.2) is 97.1 Å². The molecule has 6 nitrogen and oxygen atoms in total. The minimum atomic E-state index is -2.60. The Labute approximate surface area is 199 Å². The van der Waals surface area contributed by atoms with Crippen molar-refractivity contribution in [1.29, 1.82) is 0 Å². The van der Waals surface area contributed by atoms with E-state index in [4.69, 9.17) is 4.52 Å². The molecule has 0 heterocycles. The molecule has 174 valence electrons. The highest BCUT2D eigenvalue weighted by molar-refractivity contribution is 7.51. The molecule has 8 heteroatoms. The molecule has 0 radical (unpaired) electrons. The lowest BCUT2D eigenvalue weighted by molar-refractivity contribution is 0.340. The van der Waals surface area contributed by atoms with E-state index < -0.39 is 16.0 Å². The normalized spacial score (nSPS) is 12.8. The second kappa shape index (κ2) is 11.3. The van der Waals surface area contributed by atoms with E-state index in [0.29, 0.717) is 32.9 Å². The van der Waals surface area contributed by atoms with Crippen LogP contribution in [0.1, 0.15) is 0 Å². The van der Waals surface area contributed by atoms with Gasteiger partial charge >= 0.3 is 0 Å². The van der Waals surface area contributed by atoms with Crippen LogP contribution >= 0.6 is 16.0 Å². The van der Waals surface area contributed by atoms with E-state index in [1.54, 1.807) is 72.8 Å². The minimum absolute atomic E-state index is 0.0993. The predicted molar refractivity (Wildman–Crippen MR) is 138 cm³/mol. The molecule has 4 aromatic rings. The smallest absolute Gasteiger partial charge is 0.221 e. The van der Waals surface area contributed by atoms with Crippen molar-refractivity contribution >= 4 is 26.6 Å². The summed E-state index contributed by atoms with van der Waals surface area (Å²) in [6.45, 7) is 0.337. The molecule has 2 unspecified atom stereocenters. The number of hydrogen-bond acceptors (Lipinski definition) is 5. The molecule has 4 rings (SSSR count). The molecule has 3 N–H and O–H groups in total. The molecule has 0 aliphatic carbocycles. The zero-order valence-electron chi connectivity index (χ0n) is 18.3. The maximum Gasteiger partial charge on any atom is 0.221 e. The van der Waals surface area contributed by atoms with E-state index in [-0.39, 0.29) is 24.7 Å². The largest absolute Gasteiger partial charge is 0.507 e. The van der Waals surface area contributed by atoms with Crippen LogP contribution in [0.2, 0.25) is 0 Å². The number of aromatic hydroxyl groups is 2. The number of phenols is 2. The highest BCUT2D eigenvalue weighted by Crippen LogP contribution is 2.34. The second-order valence-corrected chi connectivity index (χ2v) is 10.5. The number of rotatable bonds is 9. The van der Waals surface area contributed by atoms with Crippen LogP contribution in [0, 0.1) is 0 Å². The Hall–Kier alpha value is -3.14. The molecular formula is C26H25NO5P2. The Kier molecular flexibility index (Phi) is 7.99. The summed E-state index contributed by atoms with van der Waals surface area (Å²) in [4.78, 5) is 0.